The molecule has 0 bridgehead atoms. The van der Waals surface area contributed by atoms with Gasteiger partial charge in [0.15, 0.2) is 5.78 Å². The number of rotatable bonds is 6. The van der Waals surface area contributed by atoms with Crippen LogP contribution in [0.3, 0.4) is 0 Å². The molecule has 0 amide bonds. The highest BCUT2D eigenvalue weighted by molar-refractivity contribution is 5.88. The molecule has 0 aliphatic heterocycles. The average molecular weight is 311 g/mol. The van der Waals surface area contributed by atoms with Gasteiger partial charge in [-0.05, 0) is 23.1 Å². The molecule has 6 heteroatoms. The summed E-state index contributed by atoms with van der Waals surface area (Å²) >= 11 is 0. The molecule has 2 aromatic heterocycles. The van der Waals surface area contributed by atoms with Gasteiger partial charge in [-0.25, -0.2) is 0 Å². The molecular weight excluding hydrogens is 294 g/mol. The predicted octanol–water partition coefficient (Wildman–Crippen LogP) is 2.48. The molecule has 0 radical (unpaired) electrons. The second kappa shape index (κ2) is 6.08. The Balaban J connectivity index is 1.86. The fourth-order valence-electron chi connectivity index (χ4n) is 2.59. The van der Waals surface area contributed by atoms with Crippen molar-refractivity contribution in [3.05, 3.63) is 42.9 Å². The lowest BCUT2D eigenvalue weighted by atomic mass is 10.1. The summed E-state index contributed by atoms with van der Waals surface area (Å²) < 4.78 is 3.60. The number of aliphatic carboxylic acids is 1. The topological polar surface area (TPSA) is 77.1 Å². The number of fused-ring (bicyclic) bond motifs is 1. The van der Waals surface area contributed by atoms with Crippen LogP contribution in [-0.4, -0.2) is 31.2 Å². The zero-order chi connectivity index (χ0) is 16.4. The Hall–Kier alpha value is -2.89. The Kier molecular flexibility index (Phi) is 3.97. The second-order valence-corrected chi connectivity index (χ2v) is 5.55. The van der Waals surface area contributed by atoms with Gasteiger partial charge < -0.3 is 9.67 Å². The molecule has 0 unspecified atom stereocenters. The quantitative estimate of drug-likeness (QED) is 0.758. The molecule has 6 nitrogen and oxygen atoms in total. The Bertz CT molecular complexity index is 876. The first-order valence-electron chi connectivity index (χ1n) is 7.34. The Morgan fingerprint density at radius 2 is 2.00 bits per heavy atom. The molecule has 1 N–H and O–H groups in total. The lowest BCUT2D eigenvalue weighted by Gasteiger charge is -2.06. The number of carbonyl (C=O) groups excluding carboxylic acids is 1. The van der Waals surface area contributed by atoms with E-state index in [1.807, 2.05) is 48.3 Å². The van der Waals surface area contributed by atoms with Crippen LogP contribution in [-0.2, 0) is 23.2 Å². The first kappa shape index (κ1) is 15.0. The summed E-state index contributed by atoms with van der Waals surface area (Å²) in [6, 6.07) is 8.01. The van der Waals surface area contributed by atoms with Gasteiger partial charge in [-0.1, -0.05) is 12.1 Å². The molecule has 3 rings (SSSR count). The number of aryl methyl sites for hydroxylation is 1. The van der Waals surface area contributed by atoms with Crippen LogP contribution in [0.4, 0.5) is 0 Å². The molecule has 0 aliphatic rings. The van der Waals surface area contributed by atoms with Crippen LogP contribution in [0.1, 0.15) is 12.8 Å². The third-order valence-corrected chi connectivity index (χ3v) is 3.78. The lowest BCUT2D eigenvalue weighted by Crippen LogP contribution is -2.10. The summed E-state index contributed by atoms with van der Waals surface area (Å²) in [5.74, 6) is -1.04. The Morgan fingerprint density at radius 3 is 2.70 bits per heavy atom. The lowest BCUT2D eigenvalue weighted by molar-refractivity contribution is -0.138. The number of carboxylic acids is 1. The number of benzene rings is 1. The minimum Gasteiger partial charge on any atom is -0.481 e. The van der Waals surface area contributed by atoms with Crippen LogP contribution in [0.15, 0.2) is 42.9 Å². The number of hydrogen-bond donors (Lipinski definition) is 1. The predicted molar refractivity (Wildman–Crippen MR) is 86.0 cm³/mol. The van der Waals surface area contributed by atoms with Gasteiger partial charge in [0.05, 0.1) is 19.2 Å². The minimum absolute atomic E-state index is 0.0529. The van der Waals surface area contributed by atoms with E-state index in [2.05, 4.69) is 5.10 Å². The first-order valence-corrected chi connectivity index (χ1v) is 7.34. The van der Waals surface area contributed by atoms with Gasteiger partial charge in [-0.15, -0.1) is 0 Å². The number of hydrogen-bond acceptors (Lipinski definition) is 3. The number of carboxylic acid groups (broad SMARTS) is 1. The normalized spacial score (nSPS) is 11.0. The summed E-state index contributed by atoms with van der Waals surface area (Å²) in [4.78, 5) is 22.5. The first-order chi connectivity index (χ1) is 11.0. The van der Waals surface area contributed by atoms with E-state index in [4.69, 9.17) is 5.11 Å². The zero-order valence-corrected chi connectivity index (χ0v) is 12.8. The molecule has 3 aromatic rings. The van der Waals surface area contributed by atoms with Crippen LogP contribution in [0.25, 0.3) is 22.0 Å². The SMILES string of the molecule is Cn1cc(-c2ccc3ccn(CC(=O)CCC(=O)O)c3c2)cn1. The van der Waals surface area contributed by atoms with E-state index in [0.717, 1.165) is 22.0 Å². The van der Waals surface area contributed by atoms with Gasteiger partial charge in [0.1, 0.15) is 0 Å². The van der Waals surface area contributed by atoms with Gasteiger partial charge in [0.2, 0.25) is 0 Å². The van der Waals surface area contributed by atoms with Crippen LogP contribution in [0.2, 0.25) is 0 Å². The van der Waals surface area contributed by atoms with Gasteiger partial charge in [-0.2, -0.15) is 5.10 Å². The van der Waals surface area contributed by atoms with Crippen LogP contribution < -0.4 is 0 Å². The highest BCUT2D eigenvalue weighted by Gasteiger charge is 2.10. The molecule has 0 aliphatic carbocycles. The Morgan fingerprint density at radius 1 is 1.17 bits per heavy atom. The highest BCUT2D eigenvalue weighted by Crippen LogP contribution is 2.25. The van der Waals surface area contributed by atoms with E-state index in [-0.39, 0.29) is 25.2 Å². The molecule has 0 saturated heterocycles. The standard InChI is InChI=1S/C17H17N3O3/c1-19-10-14(9-18-19)13-3-2-12-6-7-20(16(12)8-13)11-15(21)4-5-17(22)23/h2-3,6-10H,4-5,11H2,1H3,(H,22,23). The van der Waals surface area contributed by atoms with Gasteiger partial charge >= 0.3 is 5.97 Å². The van der Waals surface area contributed by atoms with E-state index in [1.54, 1.807) is 10.9 Å². The van der Waals surface area contributed by atoms with Gasteiger partial charge in [-0.3, -0.25) is 14.3 Å². The molecule has 2 heterocycles. The largest absolute Gasteiger partial charge is 0.481 e. The van der Waals surface area contributed by atoms with E-state index < -0.39 is 5.97 Å². The summed E-state index contributed by atoms with van der Waals surface area (Å²) in [7, 11) is 1.87. The fourth-order valence-corrected chi connectivity index (χ4v) is 2.59. The van der Waals surface area contributed by atoms with Crippen molar-refractivity contribution in [3.63, 3.8) is 0 Å². The maximum atomic E-state index is 11.9. The number of carbonyl (C=O) groups is 2. The molecule has 23 heavy (non-hydrogen) atoms. The van der Waals surface area contributed by atoms with Crippen LogP contribution >= 0.6 is 0 Å². The molecular formula is C17H17N3O3. The molecule has 0 atom stereocenters. The van der Waals surface area contributed by atoms with Crippen molar-refractivity contribution < 1.29 is 14.7 Å². The molecule has 1 aromatic carbocycles. The third kappa shape index (κ3) is 3.31. The maximum Gasteiger partial charge on any atom is 0.303 e. The molecule has 0 spiro atoms. The smallest absolute Gasteiger partial charge is 0.303 e. The average Bonchev–Trinajstić information content (AvgIpc) is 3.11. The highest BCUT2D eigenvalue weighted by atomic mass is 16.4. The van der Waals surface area contributed by atoms with E-state index in [9.17, 15) is 9.59 Å². The van der Waals surface area contributed by atoms with E-state index >= 15 is 0 Å². The zero-order valence-electron chi connectivity index (χ0n) is 12.8. The van der Waals surface area contributed by atoms with Crippen LogP contribution in [0.5, 0.6) is 0 Å². The third-order valence-electron chi connectivity index (χ3n) is 3.78. The van der Waals surface area contributed by atoms with Gasteiger partial charge in [0, 0.05) is 36.9 Å². The molecule has 0 saturated carbocycles. The van der Waals surface area contributed by atoms with Crippen LogP contribution in [0, 0.1) is 0 Å². The maximum absolute atomic E-state index is 11.9. The van der Waals surface area contributed by atoms with Crippen molar-refractivity contribution >= 4 is 22.7 Å². The van der Waals surface area contributed by atoms with E-state index in [0.29, 0.717) is 0 Å². The van der Waals surface area contributed by atoms with E-state index in [1.165, 1.54) is 0 Å². The van der Waals surface area contributed by atoms with Crippen molar-refractivity contribution in [3.8, 4) is 11.1 Å². The Labute approximate surface area is 133 Å². The van der Waals surface area contributed by atoms with Crippen molar-refractivity contribution in [2.24, 2.45) is 7.05 Å². The minimum atomic E-state index is -0.949. The number of nitrogens with zero attached hydrogens (tertiary/aromatic N) is 3. The van der Waals surface area contributed by atoms with Crippen molar-refractivity contribution in [2.45, 2.75) is 19.4 Å². The summed E-state index contributed by atoms with van der Waals surface area (Å²) in [6.07, 6.45) is 5.52. The molecule has 0 fully saturated rings. The molecule has 118 valence electrons. The summed E-state index contributed by atoms with van der Waals surface area (Å²) in [5.41, 5.74) is 3.00. The fraction of sp³-hybridized carbons (Fsp3) is 0.235. The second-order valence-electron chi connectivity index (χ2n) is 5.55. The van der Waals surface area contributed by atoms with Crippen molar-refractivity contribution in [1.29, 1.82) is 0 Å². The summed E-state index contributed by atoms with van der Waals surface area (Å²) in [6.45, 7) is 0.188. The number of aromatic nitrogens is 3. The van der Waals surface area contributed by atoms with Crippen molar-refractivity contribution in [2.75, 3.05) is 0 Å². The number of ketones is 1. The number of Topliss-reactive ketones (excluding diaryl/α,β-unsaturated/α-hetero) is 1. The van der Waals surface area contributed by atoms with Gasteiger partial charge in [0.25, 0.3) is 0 Å². The summed E-state index contributed by atoms with van der Waals surface area (Å²) in [5, 5.41) is 13.9. The van der Waals surface area contributed by atoms with Crippen molar-refractivity contribution in [1.82, 2.24) is 14.3 Å². The monoisotopic (exact) mass is 311 g/mol.